The average Bonchev–Trinajstić information content (AvgIpc) is 2.80. The van der Waals surface area contributed by atoms with Gasteiger partial charge in [0, 0.05) is 5.92 Å². The van der Waals surface area contributed by atoms with Gasteiger partial charge in [-0.05, 0) is 18.8 Å². The molecule has 0 amide bonds. The number of hydrogen-bond acceptors (Lipinski definition) is 3. The fourth-order valence-corrected chi connectivity index (χ4v) is 2.11. The molecule has 5 heteroatoms. The summed E-state index contributed by atoms with van der Waals surface area (Å²) in [6, 6.07) is 0. The third kappa shape index (κ3) is 2.28. The summed E-state index contributed by atoms with van der Waals surface area (Å²) in [5, 5.41) is 17.8. The van der Waals surface area contributed by atoms with Crippen molar-refractivity contribution in [1.82, 2.24) is 0 Å². The lowest BCUT2D eigenvalue weighted by molar-refractivity contribution is -0.145. The van der Waals surface area contributed by atoms with Crippen LogP contribution in [0.2, 0.25) is 0 Å². The van der Waals surface area contributed by atoms with E-state index in [1.54, 1.807) is 0 Å². The van der Waals surface area contributed by atoms with E-state index in [0.29, 0.717) is 12.8 Å². The maximum atomic E-state index is 11.1. The average molecular weight is 215 g/mol. The number of carboxylic acid groups (broad SMARTS) is 2. The third-order valence-corrected chi connectivity index (χ3v) is 2.91. The molecule has 0 bridgehead atoms. The fourth-order valence-electron chi connectivity index (χ4n) is 2.11. The quantitative estimate of drug-likeness (QED) is 0.621. The Morgan fingerprint density at radius 1 is 1.47 bits per heavy atom. The van der Waals surface area contributed by atoms with Crippen LogP contribution in [0, 0.1) is 17.8 Å². The van der Waals surface area contributed by atoms with Crippen LogP contribution in [0.3, 0.4) is 0 Å². The van der Waals surface area contributed by atoms with E-state index >= 15 is 0 Å². The first-order valence-corrected chi connectivity index (χ1v) is 5.04. The molecule has 1 aliphatic rings. The molecular formula is C10H17NO4. The summed E-state index contributed by atoms with van der Waals surface area (Å²) in [4.78, 5) is 21.8. The lowest BCUT2D eigenvalue weighted by Gasteiger charge is -2.26. The molecule has 0 aromatic carbocycles. The van der Waals surface area contributed by atoms with Crippen LogP contribution in [0.1, 0.15) is 26.7 Å². The molecule has 1 fully saturated rings. The van der Waals surface area contributed by atoms with Crippen LogP contribution in [0.4, 0.5) is 0 Å². The Hall–Kier alpha value is -1.10. The predicted molar refractivity (Wildman–Crippen MR) is 53.2 cm³/mol. The molecule has 1 unspecified atom stereocenters. The molecule has 15 heavy (non-hydrogen) atoms. The normalized spacial score (nSPS) is 28.5. The zero-order valence-corrected chi connectivity index (χ0v) is 8.93. The first-order valence-electron chi connectivity index (χ1n) is 5.04. The zero-order valence-electron chi connectivity index (χ0n) is 8.93. The van der Waals surface area contributed by atoms with Crippen molar-refractivity contribution < 1.29 is 19.8 Å². The zero-order chi connectivity index (χ0) is 11.8. The Morgan fingerprint density at radius 3 is 2.27 bits per heavy atom. The van der Waals surface area contributed by atoms with E-state index in [2.05, 4.69) is 0 Å². The van der Waals surface area contributed by atoms with Gasteiger partial charge in [0.05, 0.1) is 5.92 Å². The molecule has 0 aromatic rings. The Bertz CT molecular complexity index is 289. The van der Waals surface area contributed by atoms with Crippen molar-refractivity contribution in [2.45, 2.75) is 32.2 Å². The van der Waals surface area contributed by atoms with Gasteiger partial charge in [-0.15, -0.1) is 0 Å². The molecule has 86 valence electrons. The third-order valence-electron chi connectivity index (χ3n) is 2.91. The molecule has 1 rings (SSSR count). The molecule has 0 heterocycles. The summed E-state index contributed by atoms with van der Waals surface area (Å²) in [5.74, 6) is -2.90. The number of carbonyl (C=O) groups is 2. The van der Waals surface area contributed by atoms with Gasteiger partial charge < -0.3 is 15.9 Å². The first-order chi connectivity index (χ1) is 6.79. The van der Waals surface area contributed by atoms with Crippen LogP contribution in [0.25, 0.3) is 0 Å². The summed E-state index contributed by atoms with van der Waals surface area (Å²) in [7, 11) is 0. The maximum Gasteiger partial charge on any atom is 0.324 e. The molecule has 1 aliphatic carbocycles. The van der Waals surface area contributed by atoms with Gasteiger partial charge in [0.2, 0.25) is 0 Å². The summed E-state index contributed by atoms with van der Waals surface area (Å²) in [5.41, 5.74) is 4.43. The second-order valence-corrected chi connectivity index (χ2v) is 4.73. The number of aliphatic carboxylic acids is 2. The monoisotopic (exact) mass is 215 g/mol. The maximum absolute atomic E-state index is 11.1. The number of nitrogens with two attached hydrogens (primary N) is 1. The van der Waals surface area contributed by atoms with Gasteiger partial charge in [0.15, 0.2) is 0 Å². The SMILES string of the molecule is CC(C)C[C@](N)(C(=O)O)C1C[C@@H]1C(=O)O. The molecule has 0 spiro atoms. The van der Waals surface area contributed by atoms with E-state index < -0.39 is 29.3 Å². The minimum Gasteiger partial charge on any atom is -0.481 e. The van der Waals surface area contributed by atoms with E-state index in [1.165, 1.54) is 0 Å². The second kappa shape index (κ2) is 3.81. The van der Waals surface area contributed by atoms with Crippen molar-refractivity contribution in [1.29, 1.82) is 0 Å². The fraction of sp³-hybridized carbons (Fsp3) is 0.800. The number of rotatable bonds is 5. The standard InChI is InChI=1S/C10H17NO4/c1-5(2)4-10(11,9(14)15)7-3-6(7)8(12)13/h5-7H,3-4,11H2,1-2H3,(H,12,13)(H,14,15)/t6-,7?,10+/m0/s1. The van der Waals surface area contributed by atoms with Crippen LogP contribution in [-0.4, -0.2) is 27.7 Å². The summed E-state index contributed by atoms with van der Waals surface area (Å²) < 4.78 is 0. The molecule has 0 aromatic heterocycles. The largest absolute Gasteiger partial charge is 0.481 e. The van der Waals surface area contributed by atoms with Crippen molar-refractivity contribution in [2.75, 3.05) is 0 Å². The molecule has 0 saturated heterocycles. The highest BCUT2D eigenvalue weighted by Crippen LogP contribution is 2.47. The van der Waals surface area contributed by atoms with E-state index in [0.717, 1.165) is 0 Å². The van der Waals surface area contributed by atoms with Crippen molar-refractivity contribution in [2.24, 2.45) is 23.5 Å². The summed E-state index contributed by atoms with van der Waals surface area (Å²) in [6.45, 7) is 3.76. The van der Waals surface area contributed by atoms with Crippen LogP contribution >= 0.6 is 0 Å². The van der Waals surface area contributed by atoms with Crippen molar-refractivity contribution in [3.8, 4) is 0 Å². The Kier molecular flexibility index (Phi) is 3.04. The molecule has 0 aliphatic heterocycles. The minimum atomic E-state index is -1.38. The number of carboxylic acids is 2. The minimum absolute atomic E-state index is 0.140. The van der Waals surface area contributed by atoms with Gasteiger partial charge in [0.1, 0.15) is 5.54 Å². The summed E-state index contributed by atoms with van der Waals surface area (Å²) in [6.07, 6.45) is 0.696. The van der Waals surface area contributed by atoms with E-state index in [4.69, 9.17) is 15.9 Å². The first kappa shape index (κ1) is 12.0. The lowest BCUT2D eigenvalue weighted by atomic mass is 9.84. The second-order valence-electron chi connectivity index (χ2n) is 4.73. The van der Waals surface area contributed by atoms with Crippen molar-refractivity contribution >= 4 is 11.9 Å². The molecule has 3 atom stereocenters. The van der Waals surface area contributed by atoms with Gasteiger partial charge in [0.25, 0.3) is 0 Å². The van der Waals surface area contributed by atoms with Gasteiger partial charge in [-0.1, -0.05) is 13.8 Å². The highest BCUT2D eigenvalue weighted by Gasteiger charge is 2.58. The molecule has 4 N–H and O–H groups in total. The van der Waals surface area contributed by atoms with Gasteiger partial charge >= 0.3 is 11.9 Å². The van der Waals surface area contributed by atoms with Crippen molar-refractivity contribution in [3.63, 3.8) is 0 Å². The smallest absolute Gasteiger partial charge is 0.324 e. The van der Waals surface area contributed by atoms with Gasteiger partial charge in [-0.2, -0.15) is 0 Å². The lowest BCUT2D eigenvalue weighted by Crippen LogP contribution is -2.51. The Labute approximate surface area is 88.3 Å². The van der Waals surface area contributed by atoms with Crippen LogP contribution in [0.15, 0.2) is 0 Å². The Morgan fingerprint density at radius 2 is 2.00 bits per heavy atom. The van der Waals surface area contributed by atoms with Crippen LogP contribution in [0.5, 0.6) is 0 Å². The van der Waals surface area contributed by atoms with Crippen LogP contribution < -0.4 is 5.73 Å². The topological polar surface area (TPSA) is 101 Å². The number of hydrogen-bond donors (Lipinski definition) is 3. The highest BCUT2D eigenvalue weighted by atomic mass is 16.4. The predicted octanol–water partition coefficient (Wildman–Crippen LogP) is 0.535. The van der Waals surface area contributed by atoms with E-state index in [-0.39, 0.29) is 5.92 Å². The van der Waals surface area contributed by atoms with Gasteiger partial charge in [-0.3, -0.25) is 9.59 Å². The van der Waals surface area contributed by atoms with E-state index in [9.17, 15) is 9.59 Å². The molecule has 1 saturated carbocycles. The summed E-state index contributed by atoms with van der Waals surface area (Å²) >= 11 is 0. The van der Waals surface area contributed by atoms with Gasteiger partial charge in [-0.25, -0.2) is 0 Å². The molecular weight excluding hydrogens is 198 g/mol. The van der Waals surface area contributed by atoms with Crippen LogP contribution in [-0.2, 0) is 9.59 Å². The molecule has 0 radical (unpaired) electrons. The Balaban J connectivity index is 2.76. The van der Waals surface area contributed by atoms with E-state index in [1.807, 2.05) is 13.8 Å². The molecule has 5 nitrogen and oxygen atoms in total. The van der Waals surface area contributed by atoms with Crippen molar-refractivity contribution in [3.05, 3.63) is 0 Å². The highest BCUT2D eigenvalue weighted by molar-refractivity contribution is 5.83.